The van der Waals surface area contributed by atoms with Crippen LogP contribution in [0.25, 0.3) is 0 Å². The van der Waals surface area contributed by atoms with Gasteiger partial charge in [0.1, 0.15) is 0 Å². The molecule has 0 amide bonds. The molecule has 2 heterocycles. The Bertz CT molecular complexity index is 775. The Morgan fingerprint density at radius 1 is 0.960 bits per heavy atom. The Morgan fingerprint density at radius 2 is 1.64 bits per heavy atom. The van der Waals surface area contributed by atoms with Crippen molar-refractivity contribution in [2.24, 2.45) is 0 Å². The average Bonchev–Trinajstić information content (AvgIpc) is 2.94. The van der Waals surface area contributed by atoms with Gasteiger partial charge in [-0.2, -0.15) is 0 Å². The summed E-state index contributed by atoms with van der Waals surface area (Å²) in [6.45, 7) is 5.86. The average molecular weight is 378 g/mol. The fourth-order valence-corrected chi connectivity index (χ4v) is 5.00. The summed E-state index contributed by atoms with van der Waals surface area (Å²) in [5.74, 6) is 0. The molecule has 1 aliphatic carbocycles. The Kier molecular flexibility index (Phi) is 5.27. The maximum atomic E-state index is 12.3. The number of hydrogen-bond donors (Lipinski definition) is 0. The summed E-state index contributed by atoms with van der Waals surface area (Å²) in [5.41, 5.74) is 2.62. The van der Waals surface area contributed by atoms with Crippen molar-refractivity contribution in [3.05, 3.63) is 55.1 Å². The van der Waals surface area contributed by atoms with E-state index in [9.17, 15) is 4.79 Å². The zero-order chi connectivity index (χ0) is 17.2. The molecule has 0 bridgehead atoms. The predicted octanol–water partition coefficient (Wildman–Crippen LogP) is 3.22. The van der Waals surface area contributed by atoms with Crippen LogP contribution in [0.2, 0.25) is 5.02 Å². The number of aromatic nitrogens is 1. The number of piperazine rings is 1. The molecule has 6 heteroatoms. The Hall–Kier alpha value is -1.14. The molecule has 0 saturated carbocycles. The number of rotatable bonds is 4. The molecule has 1 saturated heterocycles. The Balaban J connectivity index is 1.34. The van der Waals surface area contributed by atoms with E-state index in [1.807, 2.05) is 16.7 Å². The van der Waals surface area contributed by atoms with Crippen molar-refractivity contribution in [2.75, 3.05) is 26.2 Å². The Labute approximate surface area is 157 Å². The van der Waals surface area contributed by atoms with Gasteiger partial charge in [-0.05, 0) is 43.4 Å². The summed E-state index contributed by atoms with van der Waals surface area (Å²) >= 11 is 7.43. The van der Waals surface area contributed by atoms with Crippen LogP contribution in [0, 0.1) is 0 Å². The van der Waals surface area contributed by atoms with E-state index in [1.165, 1.54) is 40.3 Å². The second-order valence-corrected chi connectivity index (χ2v) is 8.52. The fourth-order valence-electron chi connectivity index (χ4n) is 3.81. The van der Waals surface area contributed by atoms with Crippen LogP contribution in [-0.2, 0) is 26.1 Å². The predicted molar refractivity (Wildman–Crippen MR) is 104 cm³/mol. The van der Waals surface area contributed by atoms with E-state index >= 15 is 0 Å². The third kappa shape index (κ3) is 4.00. The molecule has 1 aliphatic heterocycles. The van der Waals surface area contributed by atoms with E-state index < -0.39 is 0 Å². The summed E-state index contributed by atoms with van der Waals surface area (Å²) < 4.78 is 2.04. The number of benzene rings is 1. The lowest BCUT2D eigenvalue weighted by molar-refractivity contribution is 0.101. The SMILES string of the molecule is O=c1sc2c(n1CN1CCN(Cc3ccc(Cl)cc3)CC1)CCCC2. The smallest absolute Gasteiger partial charge is 0.297 e. The van der Waals surface area contributed by atoms with Crippen LogP contribution in [0.1, 0.15) is 29.0 Å². The molecule has 4 rings (SSSR count). The van der Waals surface area contributed by atoms with Gasteiger partial charge in [-0.3, -0.25) is 19.2 Å². The molecule has 4 nitrogen and oxygen atoms in total. The first-order valence-electron chi connectivity index (χ1n) is 9.09. The lowest BCUT2D eigenvalue weighted by Crippen LogP contribution is -2.47. The van der Waals surface area contributed by atoms with Gasteiger partial charge in [-0.15, -0.1) is 0 Å². The third-order valence-corrected chi connectivity index (χ3v) is 6.60. The van der Waals surface area contributed by atoms with Gasteiger partial charge in [-0.1, -0.05) is 35.1 Å². The molecule has 134 valence electrons. The molecule has 0 N–H and O–H groups in total. The number of nitrogens with zero attached hydrogens (tertiary/aromatic N) is 3. The van der Waals surface area contributed by atoms with Crippen molar-refractivity contribution in [3.8, 4) is 0 Å². The summed E-state index contributed by atoms with van der Waals surface area (Å²) in [7, 11) is 0. The zero-order valence-corrected chi connectivity index (χ0v) is 16.0. The molecule has 1 aromatic heterocycles. The summed E-state index contributed by atoms with van der Waals surface area (Å²) in [6.07, 6.45) is 4.62. The van der Waals surface area contributed by atoms with Gasteiger partial charge < -0.3 is 0 Å². The number of aryl methyl sites for hydroxylation is 1. The van der Waals surface area contributed by atoms with Crippen LogP contribution >= 0.6 is 22.9 Å². The van der Waals surface area contributed by atoms with E-state index in [-0.39, 0.29) is 4.87 Å². The number of thiazole rings is 1. The normalized spacial score (nSPS) is 19.1. The van der Waals surface area contributed by atoms with Crippen molar-refractivity contribution in [2.45, 2.75) is 38.9 Å². The highest BCUT2D eigenvalue weighted by Crippen LogP contribution is 2.23. The van der Waals surface area contributed by atoms with E-state index in [1.54, 1.807) is 0 Å². The Morgan fingerprint density at radius 3 is 2.40 bits per heavy atom. The third-order valence-electron chi connectivity index (χ3n) is 5.27. The monoisotopic (exact) mass is 377 g/mol. The summed E-state index contributed by atoms with van der Waals surface area (Å²) in [4.78, 5) is 18.8. The molecule has 25 heavy (non-hydrogen) atoms. The van der Waals surface area contributed by atoms with E-state index in [2.05, 4.69) is 21.9 Å². The van der Waals surface area contributed by atoms with Gasteiger partial charge in [0.25, 0.3) is 0 Å². The first-order chi connectivity index (χ1) is 12.2. The van der Waals surface area contributed by atoms with Gasteiger partial charge in [0, 0.05) is 48.3 Å². The maximum Gasteiger partial charge on any atom is 0.308 e. The van der Waals surface area contributed by atoms with Gasteiger partial charge in [0.2, 0.25) is 0 Å². The van der Waals surface area contributed by atoms with Crippen LogP contribution in [0.5, 0.6) is 0 Å². The van der Waals surface area contributed by atoms with Crippen molar-refractivity contribution >= 4 is 22.9 Å². The summed E-state index contributed by atoms with van der Waals surface area (Å²) in [5, 5.41) is 0.790. The summed E-state index contributed by atoms with van der Waals surface area (Å²) in [6, 6.07) is 8.12. The number of hydrogen-bond acceptors (Lipinski definition) is 4. The van der Waals surface area contributed by atoms with Crippen molar-refractivity contribution in [3.63, 3.8) is 0 Å². The molecule has 0 radical (unpaired) electrons. The maximum absolute atomic E-state index is 12.3. The topological polar surface area (TPSA) is 28.5 Å². The highest BCUT2D eigenvalue weighted by Gasteiger charge is 2.22. The molecule has 2 aromatic rings. The first-order valence-corrected chi connectivity index (χ1v) is 10.3. The molecular weight excluding hydrogens is 354 g/mol. The molecular formula is C19H24ClN3OS. The van der Waals surface area contributed by atoms with Gasteiger partial charge >= 0.3 is 4.87 Å². The van der Waals surface area contributed by atoms with Crippen LogP contribution in [-0.4, -0.2) is 40.5 Å². The molecule has 1 fully saturated rings. The fraction of sp³-hybridized carbons (Fsp3) is 0.526. The van der Waals surface area contributed by atoms with Crippen LogP contribution in [0.4, 0.5) is 0 Å². The van der Waals surface area contributed by atoms with Gasteiger partial charge in [0.05, 0.1) is 6.67 Å². The second-order valence-electron chi connectivity index (χ2n) is 7.04. The highest BCUT2D eigenvalue weighted by atomic mass is 35.5. The van der Waals surface area contributed by atoms with Crippen LogP contribution < -0.4 is 4.87 Å². The minimum Gasteiger partial charge on any atom is -0.297 e. The van der Waals surface area contributed by atoms with Crippen molar-refractivity contribution in [1.82, 2.24) is 14.4 Å². The lowest BCUT2D eigenvalue weighted by atomic mass is 10.0. The molecule has 0 atom stereocenters. The molecule has 1 aromatic carbocycles. The standard InChI is InChI=1S/C19H24ClN3OS/c20-16-7-5-15(6-8-16)13-21-9-11-22(12-10-21)14-23-17-3-1-2-4-18(17)25-19(23)24/h5-8H,1-4,9-14H2. The first kappa shape index (κ1) is 17.3. The zero-order valence-electron chi connectivity index (χ0n) is 14.4. The van der Waals surface area contributed by atoms with Gasteiger partial charge in [0.15, 0.2) is 0 Å². The quantitative estimate of drug-likeness (QED) is 0.819. The second kappa shape index (κ2) is 7.62. The lowest BCUT2D eigenvalue weighted by Gasteiger charge is -2.35. The molecule has 0 spiro atoms. The molecule has 2 aliphatic rings. The van der Waals surface area contributed by atoms with E-state index in [4.69, 9.17) is 11.6 Å². The van der Waals surface area contributed by atoms with Crippen LogP contribution in [0.3, 0.4) is 0 Å². The van der Waals surface area contributed by atoms with Crippen LogP contribution in [0.15, 0.2) is 29.1 Å². The van der Waals surface area contributed by atoms with Gasteiger partial charge in [-0.25, -0.2) is 0 Å². The minimum absolute atomic E-state index is 0.232. The van der Waals surface area contributed by atoms with E-state index in [0.29, 0.717) is 0 Å². The van der Waals surface area contributed by atoms with Crippen molar-refractivity contribution in [1.29, 1.82) is 0 Å². The largest absolute Gasteiger partial charge is 0.308 e. The molecule has 0 unspecified atom stereocenters. The highest BCUT2D eigenvalue weighted by molar-refractivity contribution is 7.09. The van der Waals surface area contributed by atoms with Crippen molar-refractivity contribution < 1.29 is 0 Å². The number of halogens is 1. The number of fused-ring (bicyclic) bond motifs is 1. The van der Waals surface area contributed by atoms with E-state index in [0.717, 1.165) is 57.3 Å². The minimum atomic E-state index is 0.232.